The minimum atomic E-state index is -1.83. The van der Waals surface area contributed by atoms with Crippen LogP contribution in [0.25, 0.3) is 0 Å². The number of carbonyl (C=O) groups excluding carboxylic acids is 1. The van der Waals surface area contributed by atoms with Gasteiger partial charge in [-0.2, -0.15) is 0 Å². The Labute approximate surface area is 140 Å². The Morgan fingerprint density at radius 3 is 2.68 bits per heavy atom. The van der Waals surface area contributed by atoms with Crippen molar-refractivity contribution in [2.75, 3.05) is 6.61 Å². The minimum Gasteiger partial charge on any atom is -0.478 e. The van der Waals surface area contributed by atoms with E-state index >= 15 is 0 Å². The second kappa shape index (κ2) is 5.94. The second-order valence-corrected chi connectivity index (χ2v) is 5.88. The molecule has 0 saturated carbocycles. The van der Waals surface area contributed by atoms with E-state index in [9.17, 15) is 27.9 Å². The number of ether oxygens (including phenoxy) is 1. The number of carboxylic acid groups (broad SMARTS) is 1. The van der Waals surface area contributed by atoms with E-state index in [4.69, 9.17) is 4.74 Å². The predicted molar refractivity (Wildman–Crippen MR) is 80.1 cm³/mol. The van der Waals surface area contributed by atoms with E-state index in [1.54, 1.807) is 0 Å². The molecule has 2 aliphatic rings. The highest BCUT2D eigenvalue weighted by molar-refractivity contribution is 6.00. The molecule has 2 N–H and O–H groups in total. The van der Waals surface area contributed by atoms with Gasteiger partial charge in [-0.25, -0.2) is 22.8 Å². The van der Waals surface area contributed by atoms with Gasteiger partial charge < -0.3 is 15.2 Å². The zero-order chi connectivity index (χ0) is 18.5. The van der Waals surface area contributed by atoms with Crippen molar-refractivity contribution in [2.45, 2.75) is 25.9 Å². The maximum Gasteiger partial charge on any atom is 0.337 e. The van der Waals surface area contributed by atoms with Gasteiger partial charge in [0.05, 0.1) is 22.8 Å². The van der Waals surface area contributed by atoms with Gasteiger partial charge in [-0.05, 0) is 25.5 Å². The summed E-state index contributed by atoms with van der Waals surface area (Å²) in [6.07, 6.45) is -1.83. The summed E-state index contributed by atoms with van der Waals surface area (Å²) in [6.45, 7) is 2.39. The molecule has 0 spiro atoms. The van der Waals surface area contributed by atoms with Gasteiger partial charge in [0.25, 0.3) is 0 Å². The van der Waals surface area contributed by atoms with Crippen LogP contribution in [0, 0.1) is 11.6 Å². The van der Waals surface area contributed by atoms with Crippen molar-refractivity contribution in [1.29, 1.82) is 0 Å². The van der Waals surface area contributed by atoms with E-state index in [2.05, 4.69) is 5.32 Å². The van der Waals surface area contributed by atoms with Gasteiger partial charge in [0.2, 0.25) is 0 Å². The number of nitrogens with one attached hydrogen (secondary N) is 1. The molecule has 0 bridgehead atoms. The molecule has 0 aromatic heterocycles. The molecule has 8 heteroatoms. The van der Waals surface area contributed by atoms with E-state index in [0.717, 1.165) is 13.0 Å². The molecule has 2 aliphatic heterocycles. The maximum atomic E-state index is 14.2. The normalized spacial score (nSPS) is 21.0. The molecule has 0 fully saturated rings. The molecule has 0 saturated heterocycles. The van der Waals surface area contributed by atoms with Crippen LogP contribution in [-0.2, 0) is 14.3 Å². The summed E-state index contributed by atoms with van der Waals surface area (Å²) in [6, 6.07) is 1.38. The highest BCUT2D eigenvalue weighted by Gasteiger charge is 2.43. The minimum absolute atomic E-state index is 0.0742. The van der Waals surface area contributed by atoms with Crippen LogP contribution in [0.15, 0.2) is 34.7 Å². The van der Waals surface area contributed by atoms with Crippen molar-refractivity contribution in [2.24, 2.45) is 0 Å². The van der Waals surface area contributed by atoms with E-state index in [1.165, 1.54) is 6.92 Å². The Morgan fingerprint density at radius 2 is 2.08 bits per heavy atom. The van der Waals surface area contributed by atoms with Crippen molar-refractivity contribution in [3.8, 4) is 0 Å². The number of halogens is 3. The van der Waals surface area contributed by atoms with Crippen molar-refractivity contribution >= 4 is 11.9 Å². The molecule has 0 aliphatic carbocycles. The van der Waals surface area contributed by atoms with E-state index < -0.39 is 41.2 Å². The third kappa shape index (κ3) is 2.67. The average Bonchev–Trinajstić information content (AvgIpc) is 2.85. The first-order valence-corrected chi connectivity index (χ1v) is 7.46. The second-order valence-electron chi connectivity index (χ2n) is 5.88. The summed E-state index contributed by atoms with van der Waals surface area (Å²) >= 11 is 0. The van der Waals surface area contributed by atoms with E-state index in [-0.39, 0.29) is 29.0 Å². The summed E-state index contributed by atoms with van der Waals surface area (Å²) in [5.74, 6) is -5.66. The lowest BCUT2D eigenvalue weighted by molar-refractivity contribution is -0.136. The zero-order valence-corrected chi connectivity index (χ0v) is 13.3. The first-order valence-electron chi connectivity index (χ1n) is 7.46. The lowest BCUT2D eigenvalue weighted by Crippen LogP contribution is -2.30. The van der Waals surface area contributed by atoms with Crippen LogP contribution in [0.3, 0.4) is 0 Å². The fourth-order valence-electron chi connectivity index (χ4n) is 3.32. The quantitative estimate of drug-likeness (QED) is 0.818. The largest absolute Gasteiger partial charge is 0.478 e. The number of carboxylic acids is 1. The zero-order valence-electron chi connectivity index (χ0n) is 13.3. The Morgan fingerprint density at radius 1 is 1.40 bits per heavy atom. The predicted octanol–water partition coefficient (Wildman–Crippen LogP) is 2.85. The standard InChI is InChI=1S/C17H14F3NO4/c1-6(18)12-9(3-8(19)4-10(12)20)14-13(16(22)23)7(2)21-11-5-25-17(24)15(11)14/h3-4,6,14,21H,5H2,1-2H3,(H,22,23). The number of benzene rings is 1. The van der Waals surface area contributed by atoms with Crippen LogP contribution in [-0.4, -0.2) is 23.7 Å². The Kier molecular flexibility index (Phi) is 4.06. The van der Waals surface area contributed by atoms with Gasteiger partial charge in [-0.15, -0.1) is 0 Å². The summed E-state index contributed by atoms with van der Waals surface area (Å²) in [5.41, 5.74) is -0.584. The average molecular weight is 353 g/mol. The van der Waals surface area contributed by atoms with Gasteiger partial charge in [-0.1, -0.05) is 0 Å². The van der Waals surface area contributed by atoms with Crippen LogP contribution in [0.4, 0.5) is 13.2 Å². The number of aliphatic carboxylic acids is 1. The number of alkyl halides is 1. The first kappa shape index (κ1) is 17.1. The SMILES string of the molecule is CC1=C(C(=O)O)C(c2cc(F)cc(F)c2C(C)F)C2=C(COC2=O)N1. The molecule has 3 rings (SSSR count). The van der Waals surface area contributed by atoms with Gasteiger partial charge in [0.1, 0.15) is 24.4 Å². The molecule has 5 nitrogen and oxygen atoms in total. The molecular formula is C17H14F3NO4. The topological polar surface area (TPSA) is 75.6 Å². The Bertz CT molecular complexity index is 856. The Hall–Kier alpha value is -2.77. The van der Waals surface area contributed by atoms with Crippen molar-refractivity contribution in [1.82, 2.24) is 5.32 Å². The van der Waals surface area contributed by atoms with Crippen LogP contribution < -0.4 is 5.32 Å². The lowest BCUT2D eigenvalue weighted by atomic mass is 9.78. The summed E-state index contributed by atoms with van der Waals surface area (Å²) in [7, 11) is 0. The van der Waals surface area contributed by atoms with Crippen LogP contribution in [0.5, 0.6) is 0 Å². The maximum absolute atomic E-state index is 14.2. The highest BCUT2D eigenvalue weighted by atomic mass is 19.1. The van der Waals surface area contributed by atoms with Crippen molar-refractivity contribution in [3.63, 3.8) is 0 Å². The first-order chi connectivity index (χ1) is 11.7. The summed E-state index contributed by atoms with van der Waals surface area (Å²) in [5, 5.41) is 12.3. The molecule has 2 heterocycles. The molecular weight excluding hydrogens is 339 g/mol. The molecule has 1 aromatic carbocycles. The van der Waals surface area contributed by atoms with Crippen LogP contribution in [0.1, 0.15) is 37.1 Å². The number of cyclic esters (lactones) is 1. The van der Waals surface area contributed by atoms with Crippen molar-refractivity contribution < 1.29 is 32.6 Å². The van der Waals surface area contributed by atoms with Crippen LogP contribution >= 0.6 is 0 Å². The fraction of sp³-hybridized carbons (Fsp3) is 0.294. The van der Waals surface area contributed by atoms with Crippen LogP contribution in [0.2, 0.25) is 0 Å². The number of allylic oxidation sites excluding steroid dienone is 1. The van der Waals surface area contributed by atoms with Gasteiger partial charge >= 0.3 is 11.9 Å². The summed E-state index contributed by atoms with van der Waals surface area (Å²) in [4.78, 5) is 23.8. The molecule has 132 valence electrons. The Balaban J connectivity index is 2.33. The monoisotopic (exact) mass is 353 g/mol. The molecule has 0 radical (unpaired) electrons. The molecule has 2 unspecified atom stereocenters. The van der Waals surface area contributed by atoms with Crippen molar-refractivity contribution in [3.05, 3.63) is 57.4 Å². The number of hydrogen-bond donors (Lipinski definition) is 2. The molecule has 0 amide bonds. The number of hydrogen-bond acceptors (Lipinski definition) is 4. The molecule has 2 atom stereocenters. The summed E-state index contributed by atoms with van der Waals surface area (Å²) < 4.78 is 47.0. The van der Waals surface area contributed by atoms with E-state index in [0.29, 0.717) is 11.8 Å². The van der Waals surface area contributed by atoms with E-state index in [1.807, 2.05) is 0 Å². The van der Waals surface area contributed by atoms with Gasteiger partial charge in [-0.3, -0.25) is 0 Å². The molecule has 25 heavy (non-hydrogen) atoms. The number of esters is 1. The number of dihydropyridines is 1. The number of rotatable bonds is 3. The van der Waals surface area contributed by atoms with Gasteiger partial charge in [0.15, 0.2) is 0 Å². The molecule has 1 aromatic rings. The highest BCUT2D eigenvalue weighted by Crippen LogP contribution is 2.44. The van der Waals surface area contributed by atoms with Gasteiger partial charge in [0, 0.05) is 17.3 Å². The number of carbonyl (C=O) groups is 2. The third-order valence-corrected chi connectivity index (χ3v) is 4.28. The smallest absolute Gasteiger partial charge is 0.337 e. The third-order valence-electron chi connectivity index (χ3n) is 4.28. The lowest BCUT2D eigenvalue weighted by Gasteiger charge is -2.28. The fourth-order valence-corrected chi connectivity index (χ4v) is 3.32.